The van der Waals surface area contributed by atoms with Gasteiger partial charge in [0.15, 0.2) is 0 Å². The minimum atomic E-state index is 0.484. The summed E-state index contributed by atoms with van der Waals surface area (Å²) in [6.45, 7) is 1.11. The molecule has 0 radical (unpaired) electrons. The van der Waals surface area contributed by atoms with Gasteiger partial charge in [0.05, 0.1) is 0 Å². The van der Waals surface area contributed by atoms with Crippen LogP contribution in [0.3, 0.4) is 0 Å². The number of benzene rings is 1. The van der Waals surface area contributed by atoms with Crippen LogP contribution in [0.2, 0.25) is 0 Å². The smallest absolute Gasteiger partial charge is 0.0373 e. The number of nitrogens with one attached hydrogen (secondary N) is 1. The molecule has 0 bridgehead atoms. The van der Waals surface area contributed by atoms with E-state index < -0.39 is 0 Å². The molecular formula is C9H11BrN2. The number of halogens is 1. The Morgan fingerprint density at radius 2 is 2.25 bits per heavy atom. The van der Waals surface area contributed by atoms with Crippen molar-refractivity contribution in [3.63, 3.8) is 0 Å². The first-order valence-corrected chi connectivity index (χ1v) is 4.85. The zero-order valence-electron chi connectivity index (χ0n) is 6.68. The van der Waals surface area contributed by atoms with Gasteiger partial charge in [-0.05, 0) is 30.7 Å². The van der Waals surface area contributed by atoms with Gasteiger partial charge in [-0.2, -0.15) is 0 Å². The summed E-state index contributed by atoms with van der Waals surface area (Å²) in [4.78, 5) is 0. The van der Waals surface area contributed by atoms with Gasteiger partial charge < -0.3 is 11.1 Å². The number of hydrogen-bond acceptors (Lipinski definition) is 2. The van der Waals surface area contributed by atoms with Gasteiger partial charge in [-0.25, -0.2) is 0 Å². The number of hydrogen-bond donors (Lipinski definition) is 2. The Hall–Kier alpha value is -0.540. The number of anilines is 1. The molecular weight excluding hydrogens is 216 g/mol. The molecule has 3 N–H and O–H groups in total. The molecule has 1 aromatic rings. The summed E-state index contributed by atoms with van der Waals surface area (Å²) in [5.74, 6) is 0. The Balaban J connectivity index is 2.31. The van der Waals surface area contributed by atoms with Crippen LogP contribution < -0.4 is 11.1 Å². The third-order valence-corrected chi connectivity index (χ3v) is 2.74. The summed E-state index contributed by atoms with van der Waals surface area (Å²) in [5, 5.41) is 3.33. The Labute approximate surface area is 80.3 Å². The average molecular weight is 227 g/mol. The van der Waals surface area contributed by atoms with E-state index in [1.807, 2.05) is 12.1 Å². The highest BCUT2D eigenvalue weighted by Crippen LogP contribution is 2.29. The van der Waals surface area contributed by atoms with E-state index in [-0.39, 0.29) is 0 Å². The van der Waals surface area contributed by atoms with Gasteiger partial charge in [0.1, 0.15) is 0 Å². The predicted octanol–water partition coefficient (Wildman–Crippen LogP) is 2.07. The molecule has 0 saturated carbocycles. The van der Waals surface area contributed by atoms with Crippen LogP contribution in [-0.4, -0.2) is 6.54 Å². The molecule has 3 heteroatoms. The fraction of sp³-hybridized carbons (Fsp3) is 0.333. The molecule has 2 nitrogen and oxygen atoms in total. The minimum absolute atomic E-state index is 0.484. The molecule has 0 unspecified atom stereocenters. The second kappa shape index (κ2) is 3.07. The minimum Gasteiger partial charge on any atom is -0.398 e. The lowest BCUT2D eigenvalue weighted by atomic mass is 9.97. The van der Waals surface area contributed by atoms with Gasteiger partial charge in [0.25, 0.3) is 0 Å². The predicted molar refractivity (Wildman–Crippen MR) is 53.9 cm³/mol. The summed E-state index contributed by atoms with van der Waals surface area (Å²) in [6, 6.07) is 6.55. The lowest BCUT2D eigenvalue weighted by Crippen LogP contribution is -2.35. The zero-order valence-corrected chi connectivity index (χ0v) is 8.26. The summed E-state index contributed by atoms with van der Waals surface area (Å²) in [6.07, 6.45) is 1.20. The number of rotatable bonds is 1. The molecule has 2 rings (SSSR count). The first kappa shape index (κ1) is 8.08. The number of nitrogen functional groups attached to an aromatic ring is 1. The Morgan fingerprint density at radius 3 is 2.75 bits per heavy atom. The van der Waals surface area contributed by atoms with Crippen molar-refractivity contribution in [2.45, 2.75) is 12.5 Å². The highest BCUT2D eigenvalue weighted by Gasteiger charge is 2.20. The maximum atomic E-state index is 5.86. The quantitative estimate of drug-likeness (QED) is 0.720. The Morgan fingerprint density at radius 1 is 1.50 bits per heavy atom. The first-order chi connectivity index (χ1) is 5.77. The van der Waals surface area contributed by atoms with E-state index in [9.17, 15) is 0 Å². The second-order valence-corrected chi connectivity index (χ2v) is 3.98. The van der Waals surface area contributed by atoms with Crippen molar-refractivity contribution >= 4 is 21.6 Å². The molecule has 0 aromatic heterocycles. The van der Waals surface area contributed by atoms with Gasteiger partial charge in [0.2, 0.25) is 0 Å². The summed E-state index contributed by atoms with van der Waals surface area (Å²) in [7, 11) is 0. The van der Waals surface area contributed by atoms with E-state index in [1.165, 1.54) is 12.0 Å². The Bertz CT molecular complexity index is 295. The molecule has 1 aromatic carbocycles. The number of nitrogens with two attached hydrogens (primary N) is 1. The lowest BCUT2D eigenvalue weighted by molar-refractivity contribution is 0.384. The van der Waals surface area contributed by atoms with Crippen molar-refractivity contribution < 1.29 is 0 Å². The topological polar surface area (TPSA) is 38.0 Å². The molecule has 1 atom stereocenters. The second-order valence-electron chi connectivity index (χ2n) is 3.07. The van der Waals surface area contributed by atoms with Crippen LogP contribution in [0.5, 0.6) is 0 Å². The molecule has 1 fully saturated rings. The maximum absolute atomic E-state index is 5.86. The summed E-state index contributed by atoms with van der Waals surface area (Å²) in [5.41, 5.74) is 7.96. The van der Waals surface area contributed by atoms with Crippen molar-refractivity contribution in [2.75, 3.05) is 12.3 Å². The van der Waals surface area contributed by atoms with Gasteiger partial charge >= 0.3 is 0 Å². The van der Waals surface area contributed by atoms with Crippen LogP contribution in [0.1, 0.15) is 18.0 Å². The van der Waals surface area contributed by atoms with E-state index in [0.717, 1.165) is 16.7 Å². The molecule has 1 aliphatic heterocycles. The SMILES string of the molecule is Nc1cc(Br)ccc1[C@@H]1CCN1. The normalized spacial score (nSPS) is 21.9. The fourth-order valence-electron chi connectivity index (χ4n) is 1.42. The maximum Gasteiger partial charge on any atom is 0.0373 e. The van der Waals surface area contributed by atoms with Crippen molar-refractivity contribution in [3.05, 3.63) is 28.2 Å². The first-order valence-electron chi connectivity index (χ1n) is 4.05. The highest BCUT2D eigenvalue weighted by atomic mass is 79.9. The van der Waals surface area contributed by atoms with E-state index in [2.05, 4.69) is 27.3 Å². The molecule has 0 aliphatic carbocycles. The van der Waals surface area contributed by atoms with Crippen molar-refractivity contribution in [1.82, 2.24) is 5.32 Å². The van der Waals surface area contributed by atoms with Crippen molar-refractivity contribution in [1.29, 1.82) is 0 Å². The van der Waals surface area contributed by atoms with Crippen LogP contribution in [0.4, 0.5) is 5.69 Å². The summed E-state index contributed by atoms with van der Waals surface area (Å²) >= 11 is 3.38. The molecule has 1 saturated heterocycles. The van der Waals surface area contributed by atoms with Crippen LogP contribution >= 0.6 is 15.9 Å². The largest absolute Gasteiger partial charge is 0.398 e. The third-order valence-electron chi connectivity index (χ3n) is 2.25. The monoisotopic (exact) mass is 226 g/mol. The van der Waals surface area contributed by atoms with E-state index >= 15 is 0 Å². The molecule has 0 spiro atoms. The average Bonchev–Trinajstić information content (AvgIpc) is 1.91. The molecule has 64 valence electrons. The zero-order chi connectivity index (χ0) is 8.55. The van der Waals surface area contributed by atoms with Crippen molar-refractivity contribution in [3.8, 4) is 0 Å². The molecule has 1 aliphatic rings. The lowest BCUT2D eigenvalue weighted by Gasteiger charge is -2.29. The molecule has 0 amide bonds. The molecule has 12 heavy (non-hydrogen) atoms. The van der Waals surface area contributed by atoms with Gasteiger partial charge in [0, 0.05) is 16.2 Å². The van der Waals surface area contributed by atoms with Crippen LogP contribution in [0.25, 0.3) is 0 Å². The summed E-state index contributed by atoms with van der Waals surface area (Å²) < 4.78 is 1.04. The van der Waals surface area contributed by atoms with Crippen LogP contribution in [0, 0.1) is 0 Å². The van der Waals surface area contributed by atoms with Gasteiger partial charge in [-0.3, -0.25) is 0 Å². The Kier molecular flexibility index (Phi) is 2.07. The van der Waals surface area contributed by atoms with Gasteiger partial charge in [-0.15, -0.1) is 0 Å². The van der Waals surface area contributed by atoms with Crippen LogP contribution in [0.15, 0.2) is 22.7 Å². The standard InChI is InChI=1S/C9H11BrN2/c10-6-1-2-7(8(11)5-6)9-3-4-12-9/h1-2,5,9,12H,3-4,11H2/t9-/m0/s1. The van der Waals surface area contributed by atoms with Crippen molar-refractivity contribution in [2.24, 2.45) is 0 Å². The highest BCUT2D eigenvalue weighted by molar-refractivity contribution is 9.10. The van der Waals surface area contributed by atoms with Gasteiger partial charge in [-0.1, -0.05) is 22.0 Å². The van der Waals surface area contributed by atoms with Crippen LogP contribution in [-0.2, 0) is 0 Å². The fourth-order valence-corrected chi connectivity index (χ4v) is 1.80. The van der Waals surface area contributed by atoms with E-state index in [4.69, 9.17) is 5.73 Å². The van der Waals surface area contributed by atoms with E-state index in [0.29, 0.717) is 6.04 Å². The molecule has 1 heterocycles. The third kappa shape index (κ3) is 1.34. The van der Waals surface area contributed by atoms with E-state index in [1.54, 1.807) is 0 Å².